The molecular weight excluding hydrogens is 256 g/mol. The van der Waals surface area contributed by atoms with E-state index in [4.69, 9.17) is 4.42 Å². The predicted molar refractivity (Wildman–Crippen MR) is 75.9 cm³/mol. The number of rotatable bonds is 1. The highest BCUT2D eigenvalue weighted by atomic mass is 16.3. The van der Waals surface area contributed by atoms with Gasteiger partial charge in [0.2, 0.25) is 5.43 Å². The number of para-hydroxylation sites is 1. The van der Waals surface area contributed by atoms with Crippen LogP contribution in [0.25, 0.3) is 11.0 Å². The van der Waals surface area contributed by atoms with Crippen molar-refractivity contribution >= 4 is 16.9 Å². The van der Waals surface area contributed by atoms with Crippen LogP contribution in [0.2, 0.25) is 0 Å². The highest BCUT2D eigenvalue weighted by Gasteiger charge is 2.23. The van der Waals surface area contributed by atoms with Crippen molar-refractivity contribution in [2.45, 2.75) is 0 Å². The summed E-state index contributed by atoms with van der Waals surface area (Å²) in [7, 11) is 2.02. The second-order valence-electron chi connectivity index (χ2n) is 5.07. The van der Waals surface area contributed by atoms with Crippen molar-refractivity contribution in [1.82, 2.24) is 9.80 Å². The zero-order valence-corrected chi connectivity index (χ0v) is 11.3. The summed E-state index contributed by atoms with van der Waals surface area (Å²) >= 11 is 0. The Labute approximate surface area is 116 Å². The Balaban J connectivity index is 1.96. The number of amides is 1. The fourth-order valence-corrected chi connectivity index (χ4v) is 2.41. The second-order valence-corrected chi connectivity index (χ2v) is 5.07. The number of nitrogens with zero attached hydrogens (tertiary/aromatic N) is 2. The van der Waals surface area contributed by atoms with Crippen molar-refractivity contribution in [3.63, 3.8) is 0 Å². The average molecular weight is 272 g/mol. The smallest absolute Gasteiger partial charge is 0.261 e. The van der Waals surface area contributed by atoms with Gasteiger partial charge in [0.1, 0.15) is 17.4 Å². The molecule has 5 nitrogen and oxygen atoms in total. The fraction of sp³-hybridized carbons (Fsp3) is 0.333. The highest BCUT2D eigenvalue weighted by molar-refractivity contribution is 5.96. The van der Waals surface area contributed by atoms with Crippen molar-refractivity contribution < 1.29 is 9.21 Å². The molecule has 2 heterocycles. The van der Waals surface area contributed by atoms with Gasteiger partial charge in [-0.05, 0) is 19.2 Å². The minimum Gasteiger partial charge on any atom is -0.463 e. The first-order valence-corrected chi connectivity index (χ1v) is 6.65. The number of likely N-dealkylation sites (N-methyl/N-ethyl adjacent to an activating group) is 1. The van der Waals surface area contributed by atoms with Crippen LogP contribution in [0.5, 0.6) is 0 Å². The van der Waals surface area contributed by atoms with E-state index in [-0.39, 0.29) is 16.9 Å². The van der Waals surface area contributed by atoms with E-state index in [9.17, 15) is 9.59 Å². The van der Waals surface area contributed by atoms with Crippen LogP contribution in [0, 0.1) is 0 Å². The summed E-state index contributed by atoms with van der Waals surface area (Å²) in [6.07, 6.45) is 1.28. The van der Waals surface area contributed by atoms with Crippen LogP contribution in [-0.2, 0) is 0 Å². The number of hydrogen-bond donors (Lipinski definition) is 0. The van der Waals surface area contributed by atoms with Crippen molar-refractivity contribution in [2.75, 3.05) is 33.2 Å². The Morgan fingerprint density at radius 1 is 1.15 bits per heavy atom. The molecule has 0 bridgehead atoms. The third-order valence-corrected chi connectivity index (χ3v) is 3.70. The minimum absolute atomic E-state index is 0.119. The normalized spacial score (nSPS) is 16.6. The van der Waals surface area contributed by atoms with Gasteiger partial charge in [0.15, 0.2) is 0 Å². The van der Waals surface area contributed by atoms with Gasteiger partial charge in [-0.1, -0.05) is 12.1 Å². The average Bonchev–Trinajstić information content (AvgIpc) is 2.48. The number of piperazine rings is 1. The molecule has 3 rings (SSSR count). The van der Waals surface area contributed by atoms with Gasteiger partial charge in [-0.25, -0.2) is 0 Å². The van der Waals surface area contributed by atoms with Crippen molar-refractivity contribution in [3.05, 3.63) is 46.3 Å². The van der Waals surface area contributed by atoms with Crippen LogP contribution in [0.15, 0.2) is 39.7 Å². The van der Waals surface area contributed by atoms with Gasteiger partial charge < -0.3 is 14.2 Å². The lowest BCUT2D eigenvalue weighted by atomic mass is 10.1. The first-order chi connectivity index (χ1) is 9.66. The minimum atomic E-state index is -0.254. The first kappa shape index (κ1) is 12.9. The van der Waals surface area contributed by atoms with Crippen LogP contribution >= 0.6 is 0 Å². The molecule has 0 unspecified atom stereocenters. The summed E-state index contributed by atoms with van der Waals surface area (Å²) in [5.74, 6) is -0.238. The fourth-order valence-electron chi connectivity index (χ4n) is 2.41. The second kappa shape index (κ2) is 5.09. The molecule has 1 aromatic carbocycles. The molecule has 20 heavy (non-hydrogen) atoms. The van der Waals surface area contributed by atoms with E-state index in [1.165, 1.54) is 6.26 Å². The molecule has 0 atom stereocenters. The molecular formula is C15H16N2O3. The molecule has 0 aliphatic carbocycles. The Bertz CT molecular complexity index is 700. The molecule has 5 heteroatoms. The molecule has 1 aliphatic heterocycles. The summed E-state index contributed by atoms with van der Waals surface area (Å²) in [5.41, 5.74) is 0.372. The summed E-state index contributed by atoms with van der Waals surface area (Å²) < 4.78 is 5.40. The molecule has 2 aromatic rings. The van der Waals surface area contributed by atoms with Crippen LogP contribution in [-0.4, -0.2) is 48.9 Å². The Kier molecular flexibility index (Phi) is 3.28. The number of hydrogen-bond acceptors (Lipinski definition) is 4. The summed E-state index contributed by atoms with van der Waals surface area (Å²) in [4.78, 5) is 28.6. The summed E-state index contributed by atoms with van der Waals surface area (Å²) in [6, 6.07) is 6.97. The van der Waals surface area contributed by atoms with Gasteiger partial charge >= 0.3 is 0 Å². The largest absolute Gasteiger partial charge is 0.463 e. The van der Waals surface area contributed by atoms with Crippen LogP contribution in [0.4, 0.5) is 0 Å². The van der Waals surface area contributed by atoms with Crippen molar-refractivity contribution in [1.29, 1.82) is 0 Å². The van der Waals surface area contributed by atoms with E-state index in [0.717, 1.165) is 13.1 Å². The summed E-state index contributed by atoms with van der Waals surface area (Å²) in [6.45, 7) is 2.93. The Morgan fingerprint density at radius 3 is 2.60 bits per heavy atom. The van der Waals surface area contributed by atoms with Crippen molar-refractivity contribution in [2.24, 2.45) is 0 Å². The van der Waals surface area contributed by atoms with Gasteiger partial charge in [-0.15, -0.1) is 0 Å². The molecule has 1 saturated heterocycles. The lowest BCUT2D eigenvalue weighted by molar-refractivity contribution is 0.0661. The number of benzene rings is 1. The van der Waals surface area contributed by atoms with Gasteiger partial charge in [-0.2, -0.15) is 0 Å². The van der Waals surface area contributed by atoms with Crippen LogP contribution in [0.1, 0.15) is 10.4 Å². The monoisotopic (exact) mass is 272 g/mol. The number of carbonyl (C=O) groups is 1. The lowest BCUT2D eigenvalue weighted by Gasteiger charge is -2.32. The molecule has 1 fully saturated rings. The molecule has 0 spiro atoms. The van der Waals surface area contributed by atoms with Crippen molar-refractivity contribution in [3.8, 4) is 0 Å². The molecule has 0 radical (unpaired) electrons. The molecule has 1 aromatic heterocycles. The molecule has 104 valence electrons. The zero-order valence-electron chi connectivity index (χ0n) is 11.3. The maximum Gasteiger partial charge on any atom is 0.261 e. The third kappa shape index (κ3) is 2.20. The van der Waals surface area contributed by atoms with E-state index in [1.54, 1.807) is 29.2 Å². The molecule has 0 N–H and O–H groups in total. The Morgan fingerprint density at radius 2 is 1.85 bits per heavy atom. The molecule has 1 amide bonds. The Hall–Kier alpha value is -2.14. The van der Waals surface area contributed by atoms with Gasteiger partial charge in [0, 0.05) is 26.2 Å². The lowest BCUT2D eigenvalue weighted by Crippen LogP contribution is -2.48. The van der Waals surface area contributed by atoms with E-state index >= 15 is 0 Å². The highest BCUT2D eigenvalue weighted by Crippen LogP contribution is 2.12. The van der Waals surface area contributed by atoms with Gasteiger partial charge in [0.05, 0.1) is 5.39 Å². The standard InChI is InChI=1S/C15H16N2O3/c1-16-6-8-17(9-7-16)15(19)12-10-20-13-5-3-2-4-11(13)14(12)18/h2-5,10H,6-9H2,1H3. The quantitative estimate of drug-likeness (QED) is 0.782. The van der Waals surface area contributed by atoms with Crippen LogP contribution in [0.3, 0.4) is 0 Å². The predicted octanol–water partition coefficient (Wildman–Crippen LogP) is 1.18. The van der Waals surface area contributed by atoms with E-state index < -0.39 is 0 Å². The van der Waals surface area contributed by atoms with E-state index in [2.05, 4.69) is 4.90 Å². The van der Waals surface area contributed by atoms with Gasteiger partial charge in [-0.3, -0.25) is 9.59 Å². The molecule has 0 saturated carbocycles. The SMILES string of the molecule is CN1CCN(C(=O)c2coc3ccccc3c2=O)CC1. The van der Waals surface area contributed by atoms with Gasteiger partial charge in [0.25, 0.3) is 5.91 Å². The maximum absolute atomic E-state index is 12.4. The van der Waals surface area contributed by atoms with E-state index in [0.29, 0.717) is 24.1 Å². The zero-order chi connectivity index (χ0) is 14.1. The molecule has 1 aliphatic rings. The topological polar surface area (TPSA) is 53.8 Å². The van der Waals surface area contributed by atoms with Crippen LogP contribution < -0.4 is 5.43 Å². The third-order valence-electron chi connectivity index (χ3n) is 3.70. The van der Waals surface area contributed by atoms with E-state index in [1.807, 2.05) is 7.05 Å². The number of fused-ring (bicyclic) bond motifs is 1. The maximum atomic E-state index is 12.4. The summed E-state index contributed by atoms with van der Waals surface area (Å²) in [5, 5.41) is 0.451. The number of carbonyl (C=O) groups excluding carboxylic acids is 1. The first-order valence-electron chi connectivity index (χ1n) is 6.65.